The zero-order valence-electron chi connectivity index (χ0n) is 18.5. The van der Waals surface area contributed by atoms with Crippen LogP contribution < -0.4 is 21.5 Å². The van der Waals surface area contributed by atoms with E-state index < -0.39 is 0 Å². The molecule has 1 aliphatic heterocycles. The second-order valence-electron chi connectivity index (χ2n) is 8.07. The largest absolute Gasteiger partial charge is 0.367 e. The molecule has 164 valence electrons. The van der Waals surface area contributed by atoms with Gasteiger partial charge in [-0.3, -0.25) is 9.59 Å². The van der Waals surface area contributed by atoms with Gasteiger partial charge in [0.25, 0.3) is 11.5 Å². The van der Waals surface area contributed by atoms with E-state index in [4.69, 9.17) is 10.4 Å². The van der Waals surface area contributed by atoms with E-state index in [-0.39, 0.29) is 24.1 Å². The van der Waals surface area contributed by atoms with Gasteiger partial charge in [-0.2, -0.15) is 0 Å². The minimum Gasteiger partial charge on any atom is -0.367 e. The van der Waals surface area contributed by atoms with Crippen LogP contribution in [0.4, 0.5) is 5.82 Å². The highest BCUT2D eigenvalue weighted by molar-refractivity contribution is 6.05. The molecule has 2 aromatic rings. The lowest BCUT2D eigenvalue weighted by Crippen LogP contribution is -2.29. The summed E-state index contributed by atoms with van der Waals surface area (Å²) < 4.78 is 0. The van der Waals surface area contributed by atoms with Crippen molar-refractivity contribution in [3.05, 3.63) is 62.2 Å². The Morgan fingerprint density at radius 1 is 1.32 bits per heavy atom. The molecule has 0 spiro atoms. The normalized spacial score (nSPS) is 13.6. The SMILES string of the molecule is Cc1cc(C)c(CNC(=O)c2cc(C3=CCNCC3)nc(NC(C)C)c2C=N)c(=O)[nH]1. The van der Waals surface area contributed by atoms with Crippen LogP contribution in [0.5, 0.6) is 0 Å². The Morgan fingerprint density at radius 3 is 2.71 bits per heavy atom. The topological polar surface area (TPSA) is 123 Å². The molecule has 5 N–H and O–H groups in total. The van der Waals surface area contributed by atoms with Crippen molar-refractivity contribution < 1.29 is 4.79 Å². The van der Waals surface area contributed by atoms with E-state index >= 15 is 0 Å². The van der Waals surface area contributed by atoms with Gasteiger partial charge in [0.15, 0.2) is 0 Å². The van der Waals surface area contributed by atoms with E-state index in [9.17, 15) is 9.59 Å². The molecule has 0 radical (unpaired) electrons. The average molecular weight is 423 g/mol. The van der Waals surface area contributed by atoms with Gasteiger partial charge in [-0.1, -0.05) is 6.08 Å². The van der Waals surface area contributed by atoms with Crippen LogP contribution in [-0.4, -0.2) is 41.2 Å². The van der Waals surface area contributed by atoms with Gasteiger partial charge in [-0.05, 0) is 63.9 Å². The van der Waals surface area contributed by atoms with Crippen molar-refractivity contribution in [3.8, 4) is 0 Å². The molecule has 2 aromatic heterocycles. The summed E-state index contributed by atoms with van der Waals surface area (Å²) in [7, 11) is 0. The molecule has 0 saturated carbocycles. The fraction of sp³-hybridized carbons (Fsp3) is 0.391. The maximum absolute atomic E-state index is 13.1. The fourth-order valence-corrected chi connectivity index (χ4v) is 3.66. The summed E-state index contributed by atoms with van der Waals surface area (Å²) in [4.78, 5) is 32.9. The van der Waals surface area contributed by atoms with Gasteiger partial charge < -0.3 is 26.3 Å². The minimum absolute atomic E-state index is 0.0909. The Balaban J connectivity index is 1.97. The van der Waals surface area contributed by atoms with Crippen molar-refractivity contribution in [2.75, 3.05) is 18.4 Å². The number of hydrogen-bond donors (Lipinski definition) is 5. The molecule has 0 bridgehead atoms. The lowest BCUT2D eigenvalue weighted by molar-refractivity contribution is 0.0950. The van der Waals surface area contributed by atoms with E-state index in [2.05, 4.69) is 27.0 Å². The van der Waals surface area contributed by atoms with Crippen LogP contribution in [0.15, 0.2) is 23.0 Å². The highest BCUT2D eigenvalue weighted by Crippen LogP contribution is 2.25. The molecule has 0 fully saturated rings. The number of amides is 1. The summed E-state index contributed by atoms with van der Waals surface area (Å²) in [5.41, 5.74) is 4.51. The first-order chi connectivity index (χ1) is 14.8. The highest BCUT2D eigenvalue weighted by Gasteiger charge is 2.20. The summed E-state index contributed by atoms with van der Waals surface area (Å²) in [6.07, 6.45) is 4.04. The molecule has 1 aliphatic rings. The van der Waals surface area contributed by atoms with Gasteiger partial charge in [-0.25, -0.2) is 4.98 Å². The molecule has 0 saturated heterocycles. The average Bonchev–Trinajstić information content (AvgIpc) is 2.72. The van der Waals surface area contributed by atoms with Gasteiger partial charge >= 0.3 is 0 Å². The van der Waals surface area contributed by atoms with Crippen LogP contribution in [0.25, 0.3) is 5.57 Å². The number of nitrogens with zero attached hydrogens (tertiary/aromatic N) is 1. The Bertz CT molecular complexity index is 1080. The van der Waals surface area contributed by atoms with Crippen LogP contribution in [0.1, 0.15) is 58.7 Å². The highest BCUT2D eigenvalue weighted by atomic mass is 16.1. The summed E-state index contributed by atoms with van der Waals surface area (Å²) in [6, 6.07) is 3.71. The van der Waals surface area contributed by atoms with Crippen LogP contribution in [0.2, 0.25) is 0 Å². The third-order valence-electron chi connectivity index (χ3n) is 5.19. The molecule has 8 nitrogen and oxygen atoms in total. The van der Waals surface area contributed by atoms with Crippen LogP contribution in [-0.2, 0) is 6.54 Å². The van der Waals surface area contributed by atoms with Crippen molar-refractivity contribution in [2.45, 2.75) is 46.7 Å². The lowest BCUT2D eigenvalue weighted by Gasteiger charge is -2.19. The fourth-order valence-electron chi connectivity index (χ4n) is 3.66. The van der Waals surface area contributed by atoms with E-state index in [0.717, 1.165) is 48.2 Å². The third kappa shape index (κ3) is 5.27. The molecule has 0 unspecified atom stereocenters. The number of aryl methyl sites for hydroxylation is 2. The van der Waals surface area contributed by atoms with E-state index in [1.165, 1.54) is 0 Å². The van der Waals surface area contributed by atoms with Gasteiger partial charge in [-0.15, -0.1) is 0 Å². The summed E-state index contributed by atoms with van der Waals surface area (Å²) in [5.74, 6) is 0.166. The third-order valence-corrected chi connectivity index (χ3v) is 5.19. The van der Waals surface area contributed by atoms with E-state index in [0.29, 0.717) is 22.5 Å². The number of aromatic nitrogens is 2. The number of hydrogen-bond acceptors (Lipinski definition) is 6. The van der Waals surface area contributed by atoms with Gasteiger partial charge in [0, 0.05) is 42.2 Å². The number of anilines is 1. The van der Waals surface area contributed by atoms with Crippen molar-refractivity contribution >= 4 is 23.5 Å². The smallest absolute Gasteiger partial charge is 0.253 e. The van der Waals surface area contributed by atoms with Gasteiger partial charge in [0.05, 0.1) is 11.3 Å². The summed E-state index contributed by atoms with van der Waals surface area (Å²) in [6.45, 7) is 9.36. The monoisotopic (exact) mass is 422 g/mol. The first-order valence-electron chi connectivity index (χ1n) is 10.5. The van der Waals surface area contributed by atoms with Crippen LogP contribution in [0.3, 0.4) is 0 Å². The predicted octanol–water partition coefficient (Wildman–Crippen LogP) is 2.51. The van der Waals surface area contributed by atoms with Crippen molar-refractivity contribution in [1.82, 2.24) is 20.6 Å². The molecule has 3 rings (SSSR count). The van der Waals surface area contributed by atoms with Gasteiger partial charge in [0.1, 0.15) is 5.82 Å². The molecular weight excluding hydrogens is 392 g/mol. The maximum Gasteiger partial charge on any atom is 0.253 e. The summed E-state index contributed by atoms with van der Waals surface area (Å²) in [5, 5.41) is 17.3. The molecular formula is C23H30N6O2. The Morgan fingerprint density at radius 2 is 2.10 bits per heavy atom. The van der Waals surface area contributed by atoms with Crippen LogP contribution >= 0.6 is 0 Å². The molecule has 0 atom stereocenters. The molecule has 1 amide bonds. The molecule has 8 heteroatoms. The summed E-state index contributed by atoms with van der Waals surface area (Å²) >= 11 is 0. The zero-order valence-corrected chi connectivity index (χ0v) is 18.5. The van der Waals surface area contributed by atoms with Gasteiger partial charge in [0.2, 0.25) is 0 Å². The van der Waals surface area contributed by atoms with Crippen LogP contribution in [0, 0.1) is 19.3 Å². The van der Waals surface area contributed by atoms with E-state index in [1.54, 1.807) is 6.07 Å². The molecule has 31 heavy (non-hydrogen) atoms. The second kappa shape index (κ2) is 9.70. The number of nitrogens with one attached hydrogen (secondary N) is 5. The zero-order chi connectivity index (χ0) is 22.5. The predicted molar refractivity (Wildman–Crippen MR) is 124 cm³/mol. The number of H-pyrrole nitrogens is 1. The number of carbonyl (C=O) groups is 1. The quantitative estimate of drug-likeness (QED) is 0.439. The van der Waals surface area contributed by atoms with Crippen molar-refractivity contribution in [3.63, 3.8) is 0 Å². The number of pyridine rings is 2. The Hall–Kier alpha value is -3.26. The number of aromatic amines is 1. The second-order valence-corrected chi connectivity index (χ2v) is 8.07. The number of carbonyl (C=O) groups excluding carboxylic acids is 1. The number of rotatable bonds is 7. The van der Waals surface area contributed by atoms with E-state index in [1.807, 2.05) is 33.8 Å². The standard InChI is InChI=1S/C23H30N6O2/c1-13(2)27-21-18(11-24)17(10-20(29-21)16-5-7-25-8-6-16)22(30)26-12-19-14(3)9-15(4)28-23(19)31/h5,9-11,13,24-25H,6-8,12H2,1-4H3,(H,26,30)(H,27,29)(H,28,31). The first-order valence-corrected chi connectivity index (χ1v) is 10.5. The Kier molecular flexibility index (Phi) is 7.02. The minimum atomic E-state index is -0.345. The van der Waals surface area contributed by atoms with Crippen molar-refractivity contribution in [2.24, 2.45) is 0 Å². The molecule has 3 heterocycles. The van der Waals surface area contributed by atoms with Crippen molar-refractivity contribution in [1.29, 1.82) is 5.41 Å². The molecule has 0 aromatic carbocycles. The molecule has 0 aliphatic carbocycles. The lowest BCUT2D eigenvalue weighted by atomic mass is 10.00. The first kappa shape index (κ1) is 22.4. The maximum atomic E-state index is 13.1. The Labute approximate surface area is 182 Å².